The summed E-state index contributed by atoms with van der Waals surface area (Å²) in [5.41, 5.74) is 0. The van der Waals surface area contributed by atoms with Gasteiger partial charge in [-0.2, -0.15) is 11.8 Å². The first-order valence-corrected chi connectivity index (χ1v) is 7.33. The average Bonchev–Trinajstić information content (AvgIpc) is 2.75. The van der Waals surface area contributed by atoms with Crippen LogP contribution >= 0.6 is 24.2 Å². The predicted octanol–water partition coefficient (Wildman–Crippen LogP) is 1.95. The second kappa shape index (κ2) is 6.86. The van der Waals surface area contributed by atoms with E-state index < -0.39 is 0 Å². The lowest BCUT2D eigenvalue weighted by atomic mass is 10.0. The highest BCUT2D eigenvalue weighted by Crippen LogP contribution is 2.36. The molecule has 2 heterocycles. The highest BCUT2D eigenvalue weighted by molar-refractivity contribution is 8.00. The first-order valence-electron chi connectivity index (χ1n) is 6.35. The fourth-order valence-electron chi connectivity index (χ4n) is 2.45. The van der Waals surface area contributed by atoms with Crippen molar-refractivity contribution >= 4 is 30.1 Å². The quantitative estimate of drug-likeness (QED) is 0.829. The summed E-state index contributed by atoms with van der Waals surface area (Å²) in [6.07, 6.45) is 5.90. The number of thioether (sulfide) groups is 1. The van der Waals surface area contributed by atoms with Crippen LogP contribution in [0.4, 0.5) is 0 Å². The molecule has 0 aromatic heterocycles. The molecule has 0 spiro atoms. The van der Waals surface area contributed by atoms with E-state index in [0.29, 0.717) is 0 Å². The fourth-order valence-corrected chi connectivity index (χ4v) is 3.69. The summed E-state index contributed by atoms with van der Waals surface area (Å²) >= 11 is 2.00. The minimum absolute atomic E-state index is 0. The van der Waals surface area contributed by atoms with Crippen molar-refractivity contribution in [1.82, 2.24) is 10.6 Å². The third-order valence-electron chi connectivity index (χ3n) is 3.56. The lowest BCUT2D eigenvalue weighted by molar-refractivity contribution is -0.123. The number of carbonyl (C=O) groups is 1. The smallest absolute Gasteiger partial charge is 0.237 e. The Labute approximate surface area is 114 Å². The van der Waals surface area contributed by atoms with Gasteiger partial charge in [0.05, 0.1) is 6.04 Å². The molecule has 2 atom stereocenters. The Balaban J connectivity index is 0.00000144. The van der Waals surface area contributed by atoms with E-state index in [9.17, 15) is 4.79 Å². The molecule has 2 fully saturated rings. The zero-order valence-corrected chi connectivity index (χ0v) is 12.1. The van der Waals surface area contributed by atoms with Crippen molar-refractivity contribution in [2.75, 3.05) is 18.8 Å². The molecule has 2 rings (SSSR count). The molecule has 1 amide bonds. The van der Waals surface area contributed by atoms with E-state index in [2.05, 4.69) is 17.6 Å². The highest BCUT2D eigenvalue weighted by atomic mass is 35.5. The Kier molecular flexibility index (Phi) is 6.10. The maximum absolute atomic E-state index is 11.9. The maximum Gasteiger partial charge on any atom is 0.237 e. The van der Waals surface area contributed by atoms with Crippen LogP contribution in [-0.4, -0.2) is 35.5 Å². The van der Waals surface area contributed by atoms with Gasteiger partial charge in [0, 0.05) is 11.3 Å². The molecular weight excluding hydrogens is 256 g/mol. The van der Waals surface area contributed by atoms with Gasteiger partial charge in [0.1, 0.15) is 0 Å². The van der Waals surface area contributed by atoms with Crippen LogP contribution in [0.3, 0.4) is 0 Å². The van der Waals surface area contributed by atoms with Crippen molar-refractivity contribution in [3.63, 3.8) is 0 Å². The van der Waals surface area contributed by atoms with Gasteiger partial charge >= 0.3 is 0 Å². The molecule has 3 nitrogen and oxygen atoms in total. The molecule has 5 heteroatoms. The summed E-state index contributed by atoms with van der Waals surface area (Å²) in [6, 6.07) is 0.0590. The van der Waals surface area contributed by atoms with Crippen LogP contribution in [0.5, 0.6) is 0 Å². The van der Waals surface area contributed by atoms with Crippen molar-refractivity contribution in [3.8, 4) is 0 Å². The van der Waals surface area contributed by atoms with Crippen molar-refractivity contribution in [3.05, 3.63) is 0 Å². The molecule has 0 aromatic rings. The van der Waals surface area contributed by atoms with Crippen molar-refractivity contribution < 1.29 is 4.79 Å². The van der Waals surface area contributed by atoms with E-state index in [4.69, 9.17) is 0 Å². The van der Waals surface area contributed by atoms with Crippen LogP contribution in [-0.2, 0) is 4.79 Å². The molecular formula is C12H23ClN2OS. The van der Waals surface area contributed by atoms with Crippen molar-refractivity contribution in [2.24, 2.45) is 0 Å². The van der Waals surface area contributed by atoms with Crippen LogP contribution in [0, 0.1) is 0 Å². The van der Waals surface area contributed by atoms with Gasteiger partial charge in [-0.15, -0.1) is 12.4 Å². The predicted molar refractivity (Wildman–Crippen MR) is 76.0 cm³/mol. The molecule has 0 bridgehead atoms. The summed E-state index contributed by atoms with van der Waals surface area (Å²) in [4.78, 5) is 11.9. The molecule has 0 aliphatic carbocycles. The average molecular weight is 279 g/mol. The summed E-state index contributed by atoms with van der Waals surface area (Å²) < 4.78 is 0.282. The third-order valence-corrected chi connectivity index (χ3v) is 5.10. The molecule has 1 unspecified atom stereocenters. The Bertz CT molecular complexity index is 251. The zero-order valence-electron chi connectivity index (χ0n) is 10.5. The SMILES string of the molecule is CC1(CNC(=O)[C@H]2CCCCN2)CCCS1.Cl. The number of carbonyl (C=O) groups excluding carboxylic acids is 1. The molecule has 0 saturated carbocycles. The van der Waals surface area contributed by atoms with Crippen LogP contribution in [0.2, 0.25) is 0 Å². The number of hydrogen-bond acceptors (Lipinski definition) is 3. The lowest BCUT2D eigenvalue weighted by Gasteiger charge is -2.27. The number of rotatable bonds is 3. The second-order valence-electron chi connectivity index (χ2n) is 5.12. The minimum Gasteiger partial charge on any atom is -0.353 e. The van der Waals surface area contributed by atoms with Gasteiger partial charge < -0.3 is 10.6 Å². The molecule has 2 aliphatic heterocycles. The standard InChI is InChI=1S/C12H22N2OS.ClH/c1-12(6-4-8-16-12)9-14-11(15)10-5-2-3-7-13-10;/h10,13H,2-9H2,1H3,(H,14,15);1H/t10-,12?;/m1./s1. The molecule has 17 heavy (non-hydrogen) atoms. The molecule has 100 valence electrons. The first-order chi connectivity index (χ1) is 7.70. The van der Waals surface area contributed by atoms with Gasteiger partial charge in [-0.25, -0.2) is 0 Å². The van der Waals surface area contributed by atoms with E-state index in [-0.39, 0.29) is 29.1 Å². The number of nitrogens with one attached hydrogen (secondary N) is 2. The molecule has 2 saturated heterocycles. The van der Waals surface area contributed by atoms with Crippen molar-refractivity contribution in [1.29, 1.82) is 0 Å². The van der Waals surface area contributed by atoms with E-state index in [0.717, 1.165) is 19.5 Å². The lowest BCUT2D eigenvalue weighted by Crippen LogP contribution is -2.49. The van der Waals surface area contributed by atoms with E-state index >= 15 is 0 Å². The number of amides is 1. The van der Waals surface area contributed by atoms with E-state index in [1.807, 2.05) is 11.8 Å². The largest absolute Gasteiger partial charge is 0.353 e. The molecule has 0 radical (unpaired) electrons. The van der Waals surface area contributed by atoms with Gasteiger partial charge in [-0.05, 0) is 44.9 Å². The van der Waals surface area contributed by atoms with Crippen LogP contribution < -0.4 is 10.6 Å². The molecule has 2 aliphatic rings. The highest BCUT2D eigenvalue weighted by Gasteiger charge is 2.30. The molecule has 2 N–H and O–H groups in total. The van der Waals surface area contributed by atoms with Gasteiger partial charge in [-0.3, -0.25) is 4.79 Å². The Morgan fingerprint density at radius 1 is 1.47 bits per heavy atom. The van der Waals surface area contributed by atoms with Crippen LogP contribution in [0.1, 0.15) is 39.0 Å². The summed E-state index contributed by atoms with van der Waals surface area (Å²) in [7, 11) is 0. The van der Waals surface area contributed by atoms with Crippen LogP contribution in [0.15, 0.2) is 0 Å². The van der Waals surface area contributed by atoms with E-state index in [1.165, 1.54) is 31.4 Å². The Hall–Kier alpha value is 0.0700. The Morgan fingerprint density at radius 2 is 2.29 bits per heavy atom. The summed E-state index contributed by atoms with van der Waals surface area (Å²) in [6.45, 7) is 4.08. The van der Waals surface area contributed by atoms with E-state index in [1.54, 1.807) is 0 Å². The van der Waals surface area contributed by atoms with Gasteiger partial charge in [0.15, 0.2) is 0 Å². The molecule has 0 aromatic carbocycles. The summed E-state index contributed by atoms with van der Waals surface area (Å²) in [5, 5.41) is 6.40. The van der Waals surface area contributed by atoms with Gasteiger partial charge in [0.2, 0.25) is 5.91 Å². The number of piperidine rings is 1. The van der Waals surface area contributed by atoms with Crippen molar-refractivity contribution in [2.45, 2.75) is 49.8 Å². The first kappa shape index (κ1) is 15.1. The summed E-state index contributed by atoms with van der Waals surface area (Å²) in [5.74, 6) is 1.45. The Morgan fingerprint density at radius 3 is 2.88 bits per heavy atom. The fraction of sp³-hybridized carbons (Fsp3) is 0.917. The normalized spacial score (nSPS) is 32.9. The zero-order chi connectivity index (χ0) is 11.4. The monoisotopic (exact) mass is 278 g/mol. The van der Waals surface area contributed by atoms with Gasteiger partial charge in [-0.1, -0.05) is 6.42 Å². The third kappa shape index (κ3) is 4.34. The number of hydrogen-bond donors (Lipinski definition) is 2. The van der Waals surface area contributed by atoms with Gasteiger partial charge in [0.25, 0.3) is 0 Å². The second-order valence-corrected chi connectivity index (χ2v) is 6.80. The maximum atomic E-state index is 11.9. The minimum atomic E-state index is 0. The number of halogens is 1. The van der Waals surface area contributed by atoms with Crippen LogP contribution in [0.25, 0.3) is 0 Å². The topological polar surface area (TPSA) is 41.1 Å².